The Bertz CT molecular complexity index is 737. The molecule has 0 aromatic heterocycles. The summed E-state index contributed by atoms with van der Waals surface area (Å²) in [5.41, 5.74) is 1.13. The van der Waals surface area contributed by atoms with E-state index in [2.05, 4.69) is 19.2 Å². The Kier molecular flexibility index (Phi) is 8.04. The Balaban J connectivity index is 1.27. The lowest BCUT2D eigenvalue weighted by Gasteiger charge is -2.60. The van der Waals surface area contributed by atoms with Gasteiger partial charge in [0.2, 0.25) is 5.91 Å². The lowest BCUT2D eigenvalue weighted by atomic mass is 9.45. The summed E-state index contributed by atoms with van der Waals surface area (Å²) < 4.78 is 0. The van der Waals surface area contributed by atoms with Crippen molar-refractivity contribution in [3.63, 3.8) is 0 Å². The van der Waals surface area contributed by atoms with E-state index in [4.69, 9.17) is 0 Å². The SMILES string of the molecule is CCC(C)C(NC(=O)CCCCC1CCC2C3CCC4CCCCC4(C)C3CCC12C)C(=O)O. The van der Waals surface area contributed by atoms with Gasteiger partial charge in [-0.1, -0.05) is 53.4 Å². The first-order valence-corrected chi connectivity index (χ1v) is 14.7. The zero-order valence-corrected chi connectivity index (χ0v) is 22.4. The number of nitrogens with one attached hydrogen (secondary N) is 1. The van der Waals surface area contributed by atoms with Gasteiger partial charge in [0.1, 0.15) is 6.04 Å². The van der Waals surface area contributed by atoms with Gasteiger partial charge in [-0.15, -0.1) is 0 Å². The van der Waals surface area contributed by atoms with Gasteiger partial charge in [-0.05, 0) is 111 Å². The quantitative estimate of drug-likeness (QED) is 0.348. The fourth-order valence-electron chi connectivity index (χ4n) is 9.48. The van der Waals surface area contributed by atoms with Crippen molar-refractivity contribution in [2.45, 2.75) is 130 Å². The molecular weight excluding hydrogens is 422 g/mol. The van der Waals surface area contributed by atoms with E-state index in [0.717, 1.165) is 48.9 Å². The molecule has 4 saturated carbocycles. The highest BCUT2D eigenvalue weighted by atomic mass is 16.4. The third kappa shape index (κ3) is 4.81. The second kappa shape index (κ2) is 10.5. The lowest BCUT2D eigenvalue weighted by Crippen LogP contribution is -2.52. The second-order valence-corrected chi connectivity index (χ2v) is 13.2. The predicted molar refractivity (Wildman–Crippen MR) is 137 cm³/mol. The van der Waals surface area contributed by atoms with E-state index in [0.29, 0.717) is 17.3 Å². The first-order valence-electron chi connectivity index (χ1n) is 14.7. The predicted octanol–water partition coefficient (Wildman–Crippen LogP) is 7.21. The first kappa shape index (κ1) is 26.0. The molecule has 4 nitrogen and oxygen atoms in total. The fourth-order valence-corrected chi connectivity index (χ4v) is 9.48. The van der Waals surface area contributed by atoms with Gasteiger partial charge in [-0.25, -0.2) is 4.79 Å². The van der Waals surface area contributed by atoms with Crippen LogP contribution >= 0.6 is 0 Å². The number of rotatable bonds is 9. The average Bonchev–Trinajstić information content (AvgIpc) is 3.15. The molecule has 4 fully saturated rings. The van der Waals surface area contributed by atoms with Crippen LogP contribution in [0.1, 0.15) is 124 Å². The van der Waals surface area contributed by atoms with E-state index < -0.39 is 12.0 Å². The van der Waals surface area contributed by atoms with Crippen LogP contribution in [0.2, 0.25) is 0 Å². The zero-order chi connectivity index (χ0) is 24.5. The number of carboxylic acid groups (broad SMARTS) is 1. The molecular formula is C30H51NO3. The van der Waals surface area contributed by atoms with E-state index in [1.807, 2.05) is 13.8 Å². The number of amides is 1. The monoisotopic (exact) mass is 473 g/mol. The smallest absolute Gasteiger partial charge is 0.326 e. The third-order valence-electron chi connectivity index (χ3n) is 11.8. The molecule has 1 amide bonds. The summed E-state index contributed by atoms with van der Waals surface area (Å²) in [6.07, 6.45) is 19.0. The number of carboxylic acids is 1. The molecule has 34 heavy (non-hydrogen) atoms. The average molecular weight is 474 g/mol. The van der Waals surface area contributed by atoms with Crippen molar-refractivity contribution in [3.8, 4) is 0 Å². The molecule has 0 bridgehead atoms. The first-order chi connectivity index (χ1) is 16.2. The van der Waals surface area contributed by atoms with Gasteiger partial charge in [-0.2, -0.15) is 0 Å². The highest BCUT2D eigenvalue weighted by Gasteiger charge is 2.59. The zero-order valence-electron chi connectivity index (χ0n) is 22.4. The molecule has 0 aromatic rings. The Labute approximate surface area is 208 Å². The Morgan fingerprint density at radius 2 is 1.71 bits per heavy atom. The second-order valence-electron chi connectivity index (χ2n) is 13.2. The molecule has 194 valence electrons. The van der Waals surface area contributed by atoms with Crippen molar-refractivity contribution in [2.75, 3.05) is 0 Å². The van der Waals surface area contributed by atoms with Gasteiger partial charge in [0.05, 0.1) is 0 Å². The standard InChI is InChI=1S/C30H51NO3/c1-5-20(2)27(28(33)34)31-26(32)12-7-6-10-22-14-16-24-23-15-13-21-11-8-9-18-29(21,3)25(23)17-19-30(22,24)4/h20-25,27H,5-19H2,1-4H3,(H,31,32)(H,33,34). The van der Waals surface area contributed by atoms with E-state index in [-0.39, 0.29) is 11.8 Å². The largest absolute Gasteiger partial charge is 0.480 e. The van der Waals surface area contributed by atoms with Crippen LogP contribution in [0.5, 0.6) is 0 Å². The topological polar surface area (TPSA) is 66.4 Å². The van der Waals surface area contributed by atoms with E-state index >= 15 is 0 Å². The van der Waals surface area contributed by atoms with Gasteiger partial charge in [0.15, 0.2) is 0 Å². The van der Waals surface area contributed by atoms with E-state index in [1.54, 1.807) is 0 Å². The van der Waals surface area contributed by atoms with Crippen LogP contribution < -0.4 is 5.32 Å². The minimum absolute atomic E-state index is 0.0436. The molecule has 9 unspecified atom stereocenters. The summed E-state index contributed by atoms with van der Waals surface area (Å²) in [5.74, 6) is 3.60. The lowest BCUT2D eigenvalue weighted by molar-refractivity contribution is -0.143. The van der Waals surface area contributed by atoms with Crippen molar-refractivity contribution < 1.29 is 14.7 Å². The van der Waals surface area contributed by atoms with Crippen molar-refractivity contribution in [1.82, 2.24) is 5.32 Å². The van der Waals surface area contributed by atoms with Crippen LogP contribution in [0.25, 0.3) is 0 Å². The van der Waals surface area contributed by atoms with Crippen LogP contribution in [-0.4, -0.2) is 23.0 Å². The van der Waals surface area contributed by atoms with Crippen LogP contribution in [0.4, 0.5) is 0 Å². The maximum absolute atomic E-state index is 12.4. The molecule has 4 aliphatic carbocycles. The van der Waals surface area contributed by atoms with Gasteiger partial charge >= 0.3 is 5.97 Å². The molecule has 0 heterocycles. The van der Waals surface area contributed by atoms with Crippen LogP contribution in [-0.2, 0) is 9.59 Å². The summed E-state index contributed by atoms with van der Waals surface area (Å²) in [7, 11) is 0. The van der Waals surface area contributed by atoms with Crippen molar-refractivity contribution >= 4 is 11.9 Å². The van der Waals surface area contributed by atoms with Gasteiger partial charge < -0.3 is 10.4 Å². The van der Waals surface area contributed by atoms with Crippen molar-refractivity contribution in [3.05, 3.63) is 0 Å². The third-order valence-corrected chi connectivity index (χ3v) is 11.8. The fraction of sp³-hybridized carbons (Fsp3) is 0.933. The number of hydrogen-bond donors (Lipinski definition) is 2. The van der Waals surface area contributed by atoms with Gasteiger partial charge in [0.25, 0.3) is 0 Å². The number of carbonyl (C=O) groups excluding carboxylic acids is 1. The molecule has 4 aliphatic rings. The number of fused-ring (bicyclic) bond motifs is 5. The molecule has 2 N–H and O–H groups in total. The minimum Gasteiger partial charge on any atom is -0.480 e. The summed E-state index contributed by atoms with van der Waals surface area (Å²) in [6, 6.07) is -0.761. The summed E-state index contributed by atoms with van der Waals surface area (Å²) >= 11 is 0. The molecule has 4 heteroatoms. The molecule has 0 radical (unpaired) electrons. The van der Waals surface area contributed by atoms with Crippen LogP contribution in [0.15, 0.2) is 0 Å². The Morgan fingerprint density at radius 3 is 2.44 bits per heavy atom. The number of unbranched alkanes of at least 4 members (excludes halogenated alkanes) is 1. The maximum Gasteiger partial charge on any atom is 0.326 e. The van der Waals surface area contributed by atoms with E-state index in [9.17, 15) is 14.7 Å². The molecule has 0 aliphatic heterocycles. The number of hydrogen-bond acceptors (Lipinski definition) is 2. The Morgan fingerprint density at radius 1 is 0.941 bits per heavy atom. The summed E-state index contributed by atoms with van der Waals surface area (Å²) in [6.45, 7) is 9.16. The van der Waals surface area contributed by atoms with Crippen molar-refractivity contribution in [2.24, 2.45) is 46.3 Å². The number of carbonyl (C=O) groups is 2. The molecule has 0 saturated heterocycles. The van der Waals surface area contributed by atoms with Gasteiger partial charge in [-0.3, -0.25) is 4.79 Å². The molecule has 4 rings (SSSR count). The summed E-state index contributed by atoms with van der Waals surface area (Å²) in [4.78, 5) is 23.9. The molecule has 0 spiro atoms. The minimum atomic E-state index is -0.917. The summed E-state index contributed by atoms with van der Waals surface area (Å²) in [5, 5.41) is 12.2. The molecule has 0 aromatic carbocycles. The molecule has 9 atom stereocenters. The highest BCUT2D eigenvalue weighted by Crippen LogP contribution is 2.67. The highest BCUT2D eigenvalue weighted by molar-refractivity contribution is 5.83. The van der Waals surface area contributed by atoms with Gasteiger partial charge in [0, 0.05) is 6.42 Å². The van der Waals surface area contributed by atoms with E-state index in [1.165, 1.54) is 70.6 Å². The van der Waals surface area contributed by atoms with Crippen LogP contribution in [0, 0.1) is 46.3 Å². The normalized spacial score (nSPS) is 41.0. The van der Waals surface area contributed by atoms with Crippen molar-refractivity contribution in [1.29, 1.82) is 0 Å². The maximum atomic E-state index is 12.4. The van der Waals surface area contributed by atoms with Crippen LogP contribution in [0.3, 0.4) is 0 Å². The Hall–Kier alpha value is -1.06. The number of aliphatic carboxylic acids is 1.